The van der Waals surface area contributed by atoms with Gasteiger partial charge in [-0.3, -0.25) is 28.4 Å². The van der Waals surface area contributed by atoms with Crippen LogP contribution in [0.3, 0.4) is 0 Å². The van der Waals surface area contributed by atoms with Gasteiger partial charge in [0.2, 0.25) is 17.7 Å². The molecule has 99 heavy (non-hydrogen) atoms. The quantitative estimate of drug-likeness (QED) is 0.0666. The van der Waals surface area contributed by atoms with Crippen LogP contribution in [0.5, 0.6) is 0 Å². The first-order valence-electron chi connectivity index (χ1n) is 28.0. The lowest BCUT2D eigenvalue weighted by atomic mass is 10.0. The van der Waals surface area contributed by atoms with Gasteiger partial charge in [-0.25, -0.2) is 13.2 Å². The van der Waals surface area contributed by atoms with Gasteiger partial charge in [0.25, 0.3) is 30.6 Å². The van der Waals surface area contributed by atoms with E-state index in [-0.39, 0.29) is 73.7 Å². The van der Waals surface area contributed by atoms with Crippen LogP contribution >= 0.6 is 104 Å². The number of likely N-dealkylation sites (N-methyl/N-ethyl adjacent to an activating group) is 3. The fourth-order valence-corrected chi connectivity index (χ4v) is 19.0. The van der Waals surface area contributed by atoms with E-state index < -0.39 is 102 Å². The first kappa shape index (κ1) is 80.3. The maximum Gasteiger partial charge on any atom is 0.280 e. The zero-order valence-corrected chi connectivity index (χ0v) is 60.0. The van der Waals surface area contributed by atoms with Gasteiger partial charge in [-0.1, -0.05) is 91.9 Å². The Kier molecular flexibility index (Phi) is 26.4. The smallest absolute Gasteiger partial charge is 0.280 e. The molecular weight excluding hydrogens is 1540 g/mol. The van der Waals surface area contributed by atoms with Crippen molar-refractivity contribution in [3.05, 3.63) is 170 Å². The molecule has 0 radical (unpaired) electrons. The van der Waals surface area contributed by atoms with Gasteiger partial charge in [-0.05, 0) is 92.1 Å². The van der Waals surface area contributed by atoms with Crippen LogP contribution in [0.1, 0.15) is 74.3 Å². The molecule has 6 aromatic heterocycles. The standard InChI is InChI=1S/3C19H18Cl2FN5O3S2.3CH4/c3*1-26-9-10(8-23-26)12-6-17(31-18(12)21)15-7-16(27(2)32(29,30)25-15)19(28)24-11-3-4-14(22)13(20)5-11;;;/h3*3-6,8-9,15-16,25H,7H2,1-2H3,(H,24,28);3*1H4/t2*15-,16+;;;;/m10..../s1. The summed E-state index contributed by atoms with van der Waals surface area (Å²) in [5.41, 5.74) is 5.41. The fourth-order valence-electron chi connectivity index (χ4n) is 10.2. The van der Waals surface area contributed by atoms with Gasteiger partial charge in [-0.2, -0.15) is 67.6 Å². The summed E-state index contributed by atoms with van der Waals surface area (Å²) >= 11 is 40.3. The molecular formula is C60H66Cl6F3N15O9S6. The van der Waals surface area contributed by atoms with Crippen molar-refractivity contribution < 1.29 is 52.8 Å². The summed E-state index contributed by atoms with van der Waals surface area (Å²) in [5.74, 6) is -3.53. The summed E-state index contributed by atoms with van der Waals surface area (Å²) in [5, 5.41) is 19.8. The summed E-state index contributed by atoms with van der Waals surface area (Å²) in [6, 6.07) is 11.7. The Balaban J connectivity index is 0.000000206. The molecule has 3 amide bonds. The molecule has 0 saturated carbocycles. The molecule has 3 aliphatic heterocycles. The highest BCUT2D eigenvalue weighted by molar-refractivity contribution is 7.87. The Morgan fingerprint density at radius 2 is 0.677 bits per heavy atom. The zero-order chi connectivity index (χ0) is 69.6. The van der Waals surface area contributed by atoms with E-state index in [0.717, 1.165) is 64.5 Å². The summed E-state index contributed by atoms with van der Waals surface area (Å²) < 4.78 is 134. The van der Waals surface area contributed by atoms with Gasteiger partial charge in [-0.15, -0.1) is 34.0 Å². The van der Waals surface area contributed by atoms with Gasteiger partial charge in [0.1, 0.15) is 48.6 Å². The Morgan fingerprint density at radius 3 is 0.889 bits per heavy atom. The second-order valence-corrected chi connectivity index (χ2v) is 33.5. The SMILES string of the molecule is C.C.C.CN1C(C(=O)Nc2ccc(F)c(Cl)c2)CC(c2cc(-c3cnn(C)c3)c(Cl)s2)NS1(=O)=O.CN1[C@@H](C(=O)Nc2ccc(F)c(Cl)c2)C[C@@H](c2cc(-c3cnn(C)c3)c(Cl)s2)NS1(=O)=O.CN1[C@H](C(=O)Nc2ccc(F)c(Cl)c2)C[C@H](c2cc(-c3cnn(C)c3)c(Cl)s2)NS1(=O)=O. The summed E-state index contributed by atoms with van der Waals surface area (Å²) in [7, 11) is -2.50. The van der Waals surface area contributed by atoms with Crippen LogP contribution in [0.15, 0.2) is 110 Å². The highest BCUT2D eigenvalue weighted by atomic mass is 35.5. The van der Waals surface area contributed by atoms with E-state index in [1.165, 1.54) is 91.6 Å². The Hall–Kier alpha value is -6.06. The zero-order valence-electron chi connectivity index (χ0n) is 50.5. The predicted molar refractivity (Wildman–Crippen MR) is 388 cm³/mol. The van der Waals surface area contributed by atoms with Crippen LogP contribution in [0, 0.1) is 17.5 Å². The highest BCUT2D eigenvalue weighted by Gasteiger charge is 2.44. The Morgan fingerprint density at radius 1 is 0.434 bits per heavy atom. The number of benzene rings is 3. The number of carbonyl (C=O) groups is 3. The van der Waals surface area contributed by atoms with Crippen molar-refractivity contribution >= 4 is 169 Å². The van der Waals surface area contributed by atoms with Crippen LogP contribution < -0.4 is 30.1 Å². The number of aryl methyl sites for hydroxylation is 3. The minimum atomic E-state index is -3.94. The predicted octanol–water partition coefficient (Wildman–Crippen LogP) is 13.3. The van der Waals surface area contributed by atoms with Gasteiger partial charge >= 0.3 is 0 Å². The minimum Gasteiger partial charge on any atom is -0.325 e. The number of rotatable bonds is 12. The largest absolute Gasteiger partial charge is 0.325 e. The van der Waals surface area contributed by atoms with Gasteiger partial charge in [0, 0.05) is 126 Å². The number of thiophene rings is 3. The van der Waals surface area contributed by atoms with Crippen molar-refractivity contribution in [3.63, 3.8) is 0 Å². The van der Waals surface area contributed by atoms with E-state index >= 15 is 0 Å². The fraction of sp³-hybridized carbons (Fsp3) is 0.300. The third-order valence-corrected chi connectivity index (χ3v) is 25.4. The first-order chi connectivity index (χ1) is 45.1. The molecule has 0 bridgehead atoms. The van der Waals surface area contributed by atoms with Crippen molar-refractivity contribution in [2.45, 2.75) is 77.8 Å². The second kappa shape index (κ2) is 32.5. The molecule has 6 N–H and O–H groups in total. The second-order valence-electron chi connectivity index (χ2n) is 21.9. The first-order valence-corrected chi connectivity index (χ1v) is 37.1. The van der Waals surface area contributed by atoms with E-state index in [1.807, 2.05) is 0 Å². The van der Waals surface area contributed by atoms with Gasteiger partial charge in [0.05, 0.1) is 51.8 Å². The van der Waals surface area contributed by atoms with E-state index in [1.54, 1.807) is 90.6 Å². The summed E-state index contributed by atoms with van der Waals surface area (Å²) in [6.07, 6.45) is 10.9. The summed E-state index contributed by atoms with van der Waals surface area (Å²) in [4.78, 5) is 40.8. The molecule has 6 atom stereocenters. The van der Waals surface area contributed by atoms with Crippen molar-refractivity contribution in [2.75, 3.05) is 37.1 Å². The molecule has 0 aliphatic carbocycles. The van der Waals surface area contributed by atoms with Gasteiger partial charge < -0.3 is 16.0 Å². The number of aromatic nitrogens is 6. The number of carbonyl (C=O) groups excluding carboxylic acids is 3. The Labute approximate surface area is 612 Å². The topological polar surface area (TPSA) is 289 Å². The van der Waals surface area contributed by atoms with Crippen molar-refractivity contribution in [1.82, 2.24) is 56.4 Å². The Bertz CT molecular complexity index is 4350. The normalized spacial score (nSPS) is 20.3. The number of amides is 3. The molecule has 9 heterocycles. The van der Waals surface area contributed by atoms with Crippen LogP contribution in [-0.2, 0) is 66.2 Å². The average Bonchev–Trinajstić information content (AvgIpc) is 1.77. The van der Waals surface area contributed by atoms with Crippen molar-refractivity contribution in [1.29, 1.82) is 0 Å². The molecule has 12 rings (SSSR count). The van der Waals surface area contributed by atoms with Crippen LogP contribution in [0.2, 0.25) is 28.1 Å². The molecule has 3 saturated heterocycles. The number of anilines is 3. The van der Waals surface area contributed by atoms with E-state index in [4.69, 9.17) is 69.6 Å². The maximum absolute atomic E-state index is 13.4. The molecule has 3 aliphatic rings. The van der Waals surface area contributed by atoms with Crippen molar-refractivity contribution in [2.24, 2.45) is 21.1 Å². The summed E-state index contributed by atoms with van der Waals surface area (Å²) in [6.45, 7) is 0. The number of hydrogen-bond donors (Lipinski definition) is 6. The van der Waals surface area contributed by atoms with Crippen LogP contribution in [-0.4, -0.2) is 125 Å². The highest BCUT2D eigenvalue weighted by Crippen LogP contribution is 2.44. The van der Waals surface area contributed by atoms with Crippen LogP contribution in [0.25, 0.3) is 33.4 Å². The monoisotopic (exact) mass is 1600 g/mol. The van der Waals surface area contributed by atoms with Gasteiger partial charge in [0.15, 0.2) is 0 Å². The molecule has 2 unspecified atom stereocenters. The molecule has 39 heteroatoms. The molecule has 9 aromatic rings. The third kappa shape index (κ3) is 18.4. The van der Waals surface area contributed by atoms with E-state index in [0.29, 0.717) is 27.6 Å². The average molecular weight is 1600 g/mol. The molecule has 534 valence electrons. The number of halogens is 9. The third-order valence-electron chi connectivity index (χ3n) is 15.4. The van der Waals surface area contributed by atoms with E-state index in [9.17, 15) is 52.8 Å². The minimum absolute atomic E-state index is 0. The number of nitrogens with one attached hydrogen (secondary N) is 6. The lowest BCUT2D eigenvalue weighted by Crippen LogP contribution is -2.55. The molecule has 3 fully saturated rings. The number of hydrogen-bond acceptors (Lipinski definition) is 15. The lowest BCUT2D eigenvalue weighted by Gasteiger charge is -2.35. The molecule has 3 aromatic carbocycles. The maximum atomic E-state index is 13.4. The molecule has 0 spiro atoms. The van der Waals surface area contributed by atoms with Crippen molar-refractivity contribution in [3.8, 4) is 33.4 Å². The lowest BCUT2D eigenvalue weighted by molar-refractivity contribution is -0.120. The van der Waals surface area contributed by atoms with Crippen LogP contribution in [0.4, 0.5) is 30.2 Å². The molecule has 24 nitrogen and oxygen atoms in total. The number of nitrogens with zero attached hydrogens (tertiary/aromatic N) is 9. The van der Waals surface area contributed by atoms with E-state index in [2.05, 4.69) is 45.4 Å².